The molecule has 0 amide bonds. The minimum Gasteiger partial charge on any atom is -0.500 e. The topological polar surface area (TPSA) is 114 Å². The van der Waals surface area contributed by atoms with E-state index in [0.29, 0.717) is 12.0 Å². The van der Waals surface area contributed by atoms with Gasteiger partial charge in [0.25, 0.3) is 0 Å². The molecule has 2 aliphatic rings. The number of nitrogens with one attached hydrogen (secondary N) is 2. The zero-order valence-electron chi connectivity index (χ0n) is 18.4. The average molecular weight is 478 g/mol. The summed E-state index contributed by atoms with van der Waals surface area (Å²) in [7, 11) is 0. The van der Waals surface area contributed by atoms with Gasteiger partial charge in [0.15, 0.2) is 5.75 Å². The molecular weight excluding hydrogens is 454 g/mol. The molecule has 174 valence electrons. The van der Waals surface area contributed by atoms with Crippen molar-refractivity contribution in [3.05, 3.63) is 86.2 Å². The zero-order valence-corrected chi connectivity index (χ0v) is 19.2. The molecule has 9 heteroatoms. The third kappa shape index (κ3) is 3.88. The van der Waals surface area contributed by atoms with Crippen molar-refractivity contribution >= 4 is 34.2 Å². The number of phenolic OH excluding ortho intramolecular Hbond substituents is 1. The third-order valence-electron chi connectivity index (χ3n) is 6.18. The first-order valence-electron chi connectivity index (χ1n) is 11.0. The summed E-state index contributed by atoms with van der Waals surface area (Å²) in [6.07, 6.45) is 2.43. The molecule has 34 heavy (non-hydrogen) atoms. The Bertz CT molecular complexity index is 1290. The number of rotatable bonds is 5. The number of benzene rings is 2. The average Bonchev–Trinajstić information content (AvgIpc) is 3.29. The van der Waals surface area contributed by atoms with E-state index in [9.17, 15) is 20.0 Å². The minimum absolute atomic E-state index is 0.0178. The molecule has 1 aliphatic heterocycles. The Morgan fingerprint density at radius 1 is 1.21 bits per heavy atom. The molecule has 0 bridgehead atoms. The molecule has 3 atom stereocenters. The lowest BCUT2D eigenvalue weighted by atomic mass is 9.78. The van der Waals surface area contributed by atoms with Crippen molar-refractivity contribution in [1.29, 1.82) is 0 Å². The highest BCUT2D eigenvalue weighted by Crippen LogP contribution is 2.47. The maximum atomic E-state index is 13.6. The van der Waals surface area contributed by atoms with Gasteiger partial charge in [-0.3, -0.25) is 14.9 Å². The van der Waals surface area contributed by atoms with Crippen LogP contribution in [-0.4, -0.2) is 22.4 Å². The number of ketones is 1. The Hall–Kier alpha value is -3.85. The van der Waals surface area contributed by atoms with E-state index in [1.54, 1.807) is 24.3 Å². The highest BCUT2D eigenvalue weighted by molar-refractivity contribution is 7.10. The SMILES string of the molecule is CCOc1cc([C@H]2Nc3ccccc3NC3=C[C@@H](c4cccs4)CC(=O)[C@H]32)cc([N+](=O)[O-])c1O. The second kappa shape index (κ2) is 8.83. The first-order chi connectivity index (χ1) is 16.5. The first kappa shape index (κ1) is 22.0. The number of nitro groups is 1. The van der Waals surface area contributed by atoms with Crippen molar-refractivity contribution in [1.82, 2.24) is 0 Å². The van der Waals surface area contributed by atoms with Crippen LogP contribution in [0.3, 0.4) is 0 Å². The number of carbonyl (C=O) groups excluding carboxylic acids is 1. The minimum atomic E-state index is -0.642. The van der Waals surface area contributed by atoms with Crippen LogP contribution in [0, 0.1) is 16.0 Å². The fraction of sp³-hybridized carbons (Fsp3) is 0.240. The molecular formula is C25H23N3O5S. The van der Waals surface area contributed by atoms with Crippen LogP contribution >= 0.6 is 11.3 Å². The number of hydrogen-bond donors (Lipinski definition) is 3. The van der Waals surface area contributed by atoms with Gasteiger partial charge in [-0.05, 0) is 42.1 Å². The quantitative estimate of drug-likeness (QED) is 0.324. The van der Waals surface area contributed by atoms with Gasteiger partial charge in [0.1, 0.15) is 5.78 Å². The van der Waals surface area contributed by atoms with Gasteiger partial charge in [0.2, 0.25) is 5.75 Å². The molecule has 8 nitrogen and oxygen atoms in total. The van der Waals surface area contributed by atoms with Gasteiger partial charge in [-0.2, -0.15) is 0 Å². The monoisotopic (exact) mass is 477 g/mol. The van der Waals surface area contributed by atoms with Crippen LogP contribution in [0.5, 0.6) is 11.5 Å². The van der Waals surface area contributed by atoms with E-state index in [1.807, 2.05) is 41.8 Å². The first-order valence-corrected chi connectivity index (χ1v) is 11.9. The molecule has 0 spiro atoms. The molecule has 0 saturated carbocycles. The van der Waals surface area contributed by atoms with Crippen molar-refractivity contribution in [2.24, 2.45) is 5.92 Å². The number of nitro benzene ring substituents is 1. The van der Waals surface area contributed by atoms with Gasteiger partial charge < -0.3 is 20.5 Å². The molecule has 1 aromatic heterocycles. The van der Waals surface area contributed by atoms with Crippen LogP contribution in [0.25, 0.3) is 0 Å². The fourth-order valence-corrected chi connectivity index (χ4v) is 5.46. The number of fused-ring (bicyclic) bond motifs is 2. The summed E-state index contributed by atoms with van der Waals surface area (Å²) in [5, 5.41) is 30.9. The predicted molar refractivity (Wildman–Crippen MR) is 131 cm³/mol. The van der Waals surface area contributed by atoms with Gasteiger partial charge in [-0.1, -0.05) is 24.3 Å². The van der Waals surface area contributed by atoms with Crippen LogP contribution in [0.4, 0.5) is 17.1 Å². The number of nitrogens with zero attached hydrogens (tertiary/aromatic N) is 1. The van der Waals surface area contributed by atoms with E-state index in [1.165, 1.54) is 6.07 Å². The fourth-order valence-electron chi connectivity index (χ4n) is 4.66. The molecule has 1 aliphatic carbocycles. The number of carbonyl (C=O) groups is 1. The molecule has 0 unspecified atom stereocenters. The lowest BCUT2D eigenvalue weighted by Crippen LogP contribution is -2.33. The molecule has 0 saturated heterocycles. The van der Waals surface area contributed by atoms with E-state index in [-0.39, 0.29) is 24.1 Å². The normalized spacial score (nSPS) is 21.3. The summed E-state index contributed by atoms with van der Waals surface area (Å²) in [6, 6.07) is 13.9. The maximum absolute atomic E-state index is 13.6. The van der Waals surface area contributed by atoms with Crippen molar-refractivity contribution in [2.45, 2.75) is 25.3 Å². The largest absolute Gasteiger partial charge is 0.500 e. The van der Waals surface area contributed by atoms with Crippen LogP contribution < -0.4 is 15.4 Å². The summed E-state index contributed by atoms with van der Waals surface area (Å²) in [5.74, 6) is -1.11. The highest BCUT2D eigenvalue weighted by Gasteiger charge is 2.41. The molecule has 0 fully saturated rings. The molecule has 5 rings (SSSR count). The molecule has 3 N–H and O–H groups in total. The number of ether oxygens (including phenoxy) is 1. The zero-order chi connectivity index (χ0) is 23.8. The number of allylic oxidation sites excluding steroid dienone is 1. The van der Waals surface area contributed by atoms with Gasteiger partial charge in [-0.25, -0.2) is 0 Å². The van der Waals surface area contributed by atoms with Gasteiger partial charge in [0.05, 0.1) is 34.9 Å². The van der Waals surface area contributed by atoms with E-state index >= 15 is 0 Å². The standard InChI is InChI=1S/C25H23N3O5S/c1-2-33-21-13-15(11-19(25(21)30)28(31)32)24-23-18(26-16-6-3-4-7-17(16)27-24)10-14(12-20(23)29)22-8-5-9-34-22/h3-11,13-14,23-24,26-27,30H,2,12H2,1H3/t14-,23+,24-/m1/s1. The number of anilines is 2. The van der Waals surface area contributed by atoms with E-state index in [2.05, 4.69) is 16.7 Å². The lowest BCUT2D eigenvalue weighted by molar-refractivity contribution is -0.386. The number of phenols is 1. The van der Waals surface area contributed by atoms with E-state index in [0.717, 1.165) is 21.9 Å². The number of para-hydroxylation sites is 2. The van der Waals surface area contributed by atoms with Gasteiger partial charge in [0, 0.05) is 29.0 Å². The van der Waals surface area contributed by atoms with Crippen LogP contribution in [0.1, 0.15) is 35.7 Å². The number of Topliss-reactive ketones (excluding diaryl/α,β-unsaturated/α-hetero) is 1. The maximum Gasteiger partial charge on any atom is 0.315 e. The van der Waals surface area contributed by atoms with Crippen molar-refractivity contribution in [2.75, 3.05) is 17.2 Å². The Balaban J connectivity index is 1.67. The summed E-state index contributed by atoms with van der Waals surface area (Å²) in [4.78, 5) is 25.7. The van der Waals surface area contributed by atoms with Crippen molar-refractivity contribution in [3.63, 3.8) is 0 Å². The summed E-state index contributed by atoms with van der Waals surface area (Å²) in [5.41, 5.74) is 2.38. The molecule has 2 heterocycles. The van der Waals surface area contributed by atoms with Crippen LogP contribution in [0.15, 0.2) is 65.7 Å². The van der Waals surface area contributed by atoms with Crippen molar-refractivity contribution < 1.29 is 19.6 Å². The summed E-state index contributed by atoms with van der Waals surface area (Å²) < 4.78 is 5.49. The Kier molecular flexibility index (Phi) is 5.70. The van der Waals surface area contributed by atoms with Crippen molar-refractivity contribution in [3.8, 4) is 11.5 Å². The van der Waals surface area contributed by atoms with E-state index < -0.39 is 28.3 Å². The molecule has 3 aromatic rings. The predicted octanol–water partition coefficient (Wildman–Crippen LogP) is 5.60. The molecule has 0 radical (unpaired) electrons. The number of aromatic hydroxyl groups is 1. The van der Waals surface area contributed by atoms with Gasteiger partial charge in [-0.15, -0.1) is 11.3 Å². The second-order valence-corrected chi connectivity index (χ2v) is 9.24. The highest BCUT2D eigenvalue weighted by atomic mass is 32.1. The second-order valence-electron chi connectivity index (χ2n) is 8.26. The molecule has 2 aromatic carbocycles. The number of hydrogen-bond acceptors (Lipinski definition) is 8. The van der Waals surface area contributed by atoms with Crippen LogP contribution in [-0.2, 0) is 4.79 Å². The third-order valence-corrected chi connectivity index (χ3v) is 7.18. The Morgan fingerprint density at radius 3 is 2.71 bits per heavy atom. The Morgan fingerprint density at radius 2 is 2.00 bits per heavy atom. The van der Waals surface area contributed by atoms with E-state index in [4.69, 9.17) is 4.74 Å². The number of thiophene rings is 1. The van der Waals surface area contributed by atoms with Gasteiger partial charge >= 0.3 is 5.69 Å². The lowest BCUT2D eigenvalue weighted by Gasteiger charge is -2.32. The Labute approximate surface area is 200 Å². The van der Waals surface area contributed by atoms with Crippen LogP contribution in [0.2, 0.25) is 0 Å². The summed E-state index contributed by atoms with van der Waals surface area (Å²) >= 11 is 1.61. The summed E-state index contributed by atoms with van der Waals surface area (Å²) in [6.45, 7) is 1.96. The smallest absolute Gasteiger partial charge is 0.315 e.